The van der Waals surface area contributed by atoms with E-state index in [2.05, 4.69) is 67.2 Å². The maximum absolute atomic E-state index is 13.6. The predicted octanol–water partition coefficient (Wildman–Crippen LogP) is 9.82. The Balaban J connectivity index is 1.36. The maximum Gasteiger partial charge on any atom is 0.221 e. The molecule has 0 saturated heterocycles. The number of fused-ring (bicyclic) bond motifs is 7. The van der Waals surface area contributed by atoms with Crippen LogP contribution in [0, 0.1) is 33.0 Å². The van der Waals surface area contributed by atoms with E-state index in [0.29, 0.717) is 30.3 Å². The first-order valence-electron chi connectivity index (χ1n) is 16.2. The Hall–Kier alpha value is -2.81. The lowest BCUT2D eigenvalue weighted by Crippen LogP contribution is -2.61. The number of hydrogen-bond acceptors (Lipinski definition) is 3. The van der Waals surface area contributed by atoms with E-state index in [-0.39, 0.29) is 27.4 Å². The monoisotopic (exact) mass is 566 g/mol. The van der Waals surface area contributed by atoms with E-state index in [1.807, 2.05) is 36.4 Å². The molecule has 0 heterocycles. The number of benzene rings is 1. The summed E-state index contributed by atoms with van der Waals surface area (Å²) in [6, 6.07) is 10.1. The highest BCUT2D eigenvalue weighted by Crippen LogP contribution is 2.75. The number of carbonyl (C=O) groups is 1. The van der Waals surface area contributed by atoms with Crippen LogP contribution in [0.15, 0.2) is 88.9 Å². The summed E-state index contributed by atoms with van der Waals surface area (Å²) in [5.41, 5.74) is 6.38. The molecule has 3 nitrogen and oxygen atoms in total. The van der Waals surface area contributed by atoms with Crippen molar-refractivity contribution in [2.45, 2.75) is 100 Å². The molecule has 5 aliphatic rings. The highest BCUT2D eigenvalue weighted by molar-refractivity contribution is 6.07. The van der Waals surface area contributed by atoms with Crippen molar-refractivity contribution in [2.75, 3.05) is 6.61 Å². The van der Waals surface area contributed by atoms with Crippen LogP contribution in [0.3, 0.4) is 0 Å². The molecule has 0 N–H and O–H groups in total. The zero-order chi connectivity index (χ0) is 30.1. The molecule has 1 aromatic carbocycles. The minimum atomic E-state index is -0.152. The Morgan fingerprint density at radius 1 is 0.952 bits per heavy atom. The average molecular weight is 567 g/mol. The lowest BCUT2D eigenvalue weighted by molar-refractivity contribution is -0.161. The van der Waals surface area contributed by atoms with Crippen LogP contribution in [0.4, 0.5) is 0 Å². The van der Waals surface area contributed by atoms with E-state index >= 15 is 0 Å². The molecule has 0 amide bonds. The van der Waals surface area contributed by atoms with Crippen LogP contribution in [0.25, 0.3) is 0 Å². The molecule has 0 spiro atoms. The number of ether oxygens (including phenoxy) is 2. The Morgan fingerprint density at radius 3 is 2.38 bits per heavy atom. The Labute approximate surface area is 253 Å². The summed E-state index contributed by atoms with van der Waals surface area (Å²) in [5.74, 6) is 2.07. The lowest BCUT2D eigenvalue weighted by Gasteiger charge is -2.70. The van der Waals surface area contributed by atoms with E-state index < -0.39 is 0 Å². The second-order valence-electron chi connectivity index (χ2n) is 15.2. The molecule has 3 saturated carbocycles. The summed E-state index contributed by atoms with van der Waals surface area (Å²) >= 11 is 0. The normalized spacial score (nSPS) is 39.1. The number of hydrogen-bond donors (Lipinski definition) is 0. The van der Waals surface area contributed by atoms with Gasteiger partial charge in [0.05, 0.1) is 12.4 Å². The maximum atomic E-state index is 13.6. The molecule has 6 rings (SSSR count). The summed E-state index contributed by atoms with van der Waals surface area (Å²) in [5, 5.41) is 0. The molecular formula is C39H50O3. The van der Waals surface area contributed by atoms with Crippen molar-refractivity contribution in [1.82, 2.24) is 0 Å². The fourth-order valence-corrected chi connectivity index (χ4v) is 9.96. The smallest absolute Gasteiger partial charge is 0.221 e. The van der Waals surface area contributed by atoms with Gasteiger partial charge >= 0.3 is 0 Å². The largest absolute Gasteiger partial charge is 0.498 e. The van der Waals surface area contributed by atoms with Gasteiger partial charge in [0, 0.05) is 16.4 Å². The molecule has 0 aliphatic heterocycles. The first-order chi connectivity index (χ1) is 19.8. The van der Waals surface area contributed by atoms with Crippen molar-refractivity contribution < 1.29 is 14.3 Å². The standard InChI is InChI=1S/C39H50O3/c1-9-41-27(3)36(5)18-17-35(4)19-21-38(7)32-16-15-29-26(2)34(42-25-28-13-11-10-12-14-28)31(40)23-30(29)37(32,6)20-22-39(38,8)33(35)24-36/h10-16,23,33H,3,9,17-22,24-25H2,1-2,4-8H3/t33-,35-,36-,37+,38-,39+/m1/s1. The average Bonchev–Trinajstić information content (AvgIpc) is 2.96. The van der Waals surface area contributed by atoms with Crippen LogP contribution in [-0.2, 0) is 20.9 Å². The third-order valence-electron chi connectivity index (χ3n) is 13.1. The highest BCUT2D eigenvalue weighted by atomic mass is 16.5. The van der Waals surface area contributed by atoms with Gasteiger partial charge in [-0.1, -0.05) is 89.3 Å². The van der Waals surface area contributed by atoms with E-state index in [4.69, 9.17) is 9.47 Å². The minimum absolute atomic E-state index is 0.00486. The molecule has 5 aliphatic carbocycles. The molecule has 224 valence electrons. The van der Waals surface area contributed by atoms with Gasteiger partial charge in [0.2, 0.25) is 5.78 Å². The number of rotatable bonds is 6. The van der Waals surface area contributed by atoms with Gasteiger partial charge in [-0.05, 0) is 104 Å². The fourth-order valence-electron chi connectivity index (χ4n) is 9.96. The molecule has 0 bridgehead atoms. The predicted molar refractivity (Wildman–Crippen MR) is 170 cm³/mol. The molecule has 3 heteroatoms. The van der Waals surface area contributed by atoms with Crippen molar-refractivity contribution in [3.8, 4) is 0 Å². The van der Waals surface area contributed by atoms with Crippen LogP contribution < -0.4 is 0 Å². The second-order valence-corrected chi connectivity index (χ2v) is 15.2. The van der Waals surface area contributed by atoms with E-state index in [1.54, 1.807) is 0 Å². The third-order valence-corrected chi connectivity index (χ3v) is 13.1. The fraction of sp³-hybridized carbons (Fsp3) is 0.564. The molecule has 0 radical (unpaired) electrons. The third kappa shape index (κ3) is 4.09. The van der Waals surface area contributed by atoms with Crippen LogP contribution in [0.5, 0.6) is 0 Å². The number of allylic oxidation sites excluding steroid dienone is 8. The van der Waals surface area contributed by atoms with E-state index in [0.717, 1.165) is 42.6 Å². The Bertz CT molecular complexity index is 1440. The molecule has 6 atom stereocenters. The summed E-state index contributed by atoms with van der Waals surface area (Å²) in [6.45, 7) is 22.2. The van der Waals surface area contributed by atoms with Gasteiger partial charge in [-0.3, -0.25) is 4.79 Å². The van der Waals surface area contributed by atoms with Gasteiger partial charge in [-0.25, -0.2) is 0 Å². The first-order valence-corrected chi connectivity index (χ1v) is 16.2. The quantitative estimate of drug-likeness (QED) is 0.322. The second kappa shape index (κ2) is 9.86. The molecule has 3 fully saturated rings. The SMILES string of the molecule is C=C(OCC)[C@]1(C)CC[C@]2(C)CC[C@]3(C)C4=CC=C5C(=CC(=O)C(OCc6ccccc6)=C5C)[C@]4(C)CC[C@@]3(C)[C@@H]2C1. The van der Waals surface area contributed by atoms with Crippen molar-refractivity contribution in [1.29, 1.82) is 0 Å². The Kier molecular flexibility index (Phi) is 6.87. The number of ketones is 1. The van der Waals surface area contributed by atoms with E-state index in [9.17, 15) is 4.79 Å². The van der Waals surface area contributed by atoms with Crippen LogP contribution in [0.2, 0.25) is 0 Å². The van der Waals surface area contributed by atoms with Gasteiger partial charge in [0.15, 0.2) is 5.76 Å². The van der Waals surface area contributed by atoms with Crippen molar-refractivity contribution in [3.05, 3.63) is 94.5 Å². The van der Waals surface area contributed by atoms with Gasteiger partial charge in [0.25, 0.3) is 0 Å². The lowest BCUT2D eigenvalue weighted by atomic mass is 9.34. The summed E-state index contributed by atoms with van der Waals surface area (Å²) in [6.07, 6.45) is 14.9. The van der Waals surface area contributed by atoms with Gasteiger partial charge < -0.3 is 9.47 Å². The van der Waals surface area contributed by atoms with Gasteiger partial charge in [-0.2, -0.15) is 0 Å². The molecule has 0 unspecified atom stereocenters. The van der Waals surface area contributed by atoms with Crippen molar-refractivity contribution >= 4 is 5.78 Å². The van der Waals surface area contributed by atoms with E-state index in [1.165, 1.54) is 36.0 Å². The first kappa shape index (κ1) is 29.3. The Morgan fingerprint density at radius 2 is 1.67 bits per heavy atom. The summed E-state index contributed by atoms with van der Waals surface area (Å²) < 4.78 is 12.2. The molecule has 1 aromatic rings. The molecule has 42 heavy (non-hydrogen) atoms. The topological polar surface area (TPSA) is 35.5 Å². The zero-order valence-electron chi connectivity index (χ0n) is 27.0. The van der Waals surface area contributed by atoms with Crippen LogP contribution in [-0.4, -0.2) is 12.4 Å². The molecule has 0 aromatic heterocycles. The van der Waals surface area contributed by atoms with Gasteiger partial charge in [0.1, 0.15) is 6.61 Å². The van der Waals surface area contributed by atoms with Gasteiger partial charge in [-0.15, -0.1) is 0 Å². The number of carbonyl (C=O) groups excluding carboxylic acids is 1. The highest BCUT2D eigenvalue weighted by Gasteiger charge is 2.67. The van der Waals surface area contributed by atoms with Crippen molar-refractivity contribution in [2.24, 2.45) is 33.0 Å². The van der Waals surface area contributed by atoms with Crippen LogP contribution >= 0.6 is 0 Å². The zero-order valence-corrected chi connectivity index (χ0v) is 27.0. The summed E-state index contributed by atoms with van der Waals surface area (Å²) in [4.78, 5) is 13.6. The van der Waals surface area contributed by atoms with Crippen molar-refractivity contribution in [3.63, 3.8) is 0 Å². The van der Waals surface area contributed by atoms with Crippen LogP contribution in [0.1, 0.15) is 99.0 Å². The molecular weight excluding hydrogens is 516 g/mol. The minimum Gasteiger partial charge on any atom is -0.498 e. The summed E-state index contributed by atoms with van der Waals surface area (Å²) in [7, 11) is 0.